The van der Waals surface area contributed by atoms with Crippen molar-refractivity contribution in [1.82, 2.24) is 4.98 Å². The number of pyridine rings is 1. The summed E-state index contributed by atoms with van der Waals surface area (Å²) in [6, 6.07) is 5.07. The van der Waals surface area contributed by atoms with Gasteiger partial charge in [0.15, 0.2) is 0 Å². The first-order valence-corrected chi connectivity index (χ1v) is 5.74. The molecule has 2 aromatic rings. The molecule has 0 aliphatic carbocycles. The third-order valence-corrected chi connectivity index (χ3v) is 2.96. The molecule has 0 aliphatic rings. The zero-order valence-corrected chi connectivity index (χ0v) is 10.6. The molecule has 21 heavy (non-hydrogen) atoms. The fraction of sp³-hybridized carbons (Fsp3) is 0.250. The molecule has 114 valence electrons. The lowest BCUT2D eigenvalue weighted by atomic mass is 10.1. The molecule has 2 rings (SSSR count). The molecule has 1 aromatic carbocycles. The highest BCUT2D eigenvalue weighted by atomic mass is 35.5. The molecule has 0 unspecified atom stereocenters. The molecule has 1 aromatic heterocycles. The van der Waals surface area contributed by atoms with Crippen LogP contribution in [0.15, 0.2) is 30.3 Å². The fourth-order valence-electron chi connectivity index (χ4n) is 1.61. The van der Waals surface area contributed by atoms with E-state index in [1.54, 1.807) is 0 Å². The first-order valence-electron chi connectivity index (χ1n) is 5.36. The van der Waals surface area contributed by atoms with Crippen molar-refractivity contribution in [2.75, 3.05) is 0 Å². The van der Waals surface area contributed by atoms with Gasteiger partial charge in [-0.2, -0.15) is 30.7 Å². The van der Waals surface area contributed by atoms with Crippen molar-refractivity contribution < 1.29 is 30.7 Å². The van der Waals surface area contributed by atoms with Crippen molar-refractivity contribution in [2.45, 2.75) is 18.0 Å². The number of fused-ring (bicyclic) bond motifs is 1. The first-order chi connectivity index (χ1) is 9.47. The predicted molar refractivity (Wildman–Crippen MR) is 61.6 cm³/mol. The van der Waals surface area contributed by atoms with Crippen LogP contribution in [0, 0.1) is 0 Å². The minimum Gasteiger partial charge on any atom is -0.246 e. The Morgan fingerprint density at radius 2 is 1.48 bits per heavy atom. The van der Waals surface area contributed by atoms with Gasteiger partial charge in [0.2, 0.25) is 0 Å². The molecular formula is C12H5ClF7N. The van der Waals surface area contributed by atoms with Gasteiger partial charge in [-0.25, -0.2) is 4.98 Å². The van der Waals surface area contributed by atoms with E-state index in [4.69, 9.17) is 11.6 Å². The molecule has 0 radical (unpaired) electrons. The maximum Gasteiger partial charge on any atom is 0.460 e. The van der Waals surface area contributed by atoms with Crippen molar-refractivity contribution in [3.63, 3.8) is 0 Å². The average Bonchev–Trinajstić information content (AvgIpc) is 2.36. The maximum atomic E-state index is 13.5. The van der Waals surface area contributed by atoms with Gasteiger partial charge in [0, 0.05) is 10.4 Å². The largest absolute Gasteiger partial charge is 0.460 e. The van der Waals surface area contributed by atoms with Crippen LogP contribution >= 0.6 is 11.6 Å². The normalized spacial score (nSPS) is 13.7. The number of halogens is 8. The van der Waals surface area contributed by atoms with Crippen molar-refractivity contribution in [2.24, 2.45) is 0 Å². The topological polar surface area (TPSA) is 12.9 Å². The predicted octanol–water partition coefficient (Wildman–Crippen LogP) is 5.18. The van der Waals surface area contributed by atoms with Gasteiger partial charge in [-0.3, -0.25) is 0 Å². The van der Waals surface area contributed by atoms with E-state index >= 15 is 0 Å². The smallest absolute Gasteiger partial charge is 0.246 e. The number of hydrogen-bond donors (Lipinski definition) is 0. The van der Waals surface area contributed by atoms with E-state index in [9.17, 15) is 30.7 Å². The Bertz CT molecular complexity index is 681. The second-order valence-electron chi connectivity index (χ2n) is 4.18. The quantitative estimate of drug-likeness (QED) is 0.691. The Hall–Kier alpha value is -1.57. The van der Waals surface area contributed by atoms with E-state index in [-0.39, 0.29) is 15.9 Å². The summed E-state index contributed by atoms with van der Waals surface area (Å²) in [5.41, 5.74) is -1.84. The van der Waals surface area contributed by atoms with Crippen LogP contribution in [-0.2, 0) is 5.92 Å². The van der Waals surface area contributed by atoms with Gasteiger partial charge in [-0.15, -0.1) is 0 Å². The molecule has 0 N–H and O–H groups in total. The Labute approximate surface area is 118 Å². The van der Waals surface area contributed by atoms with E-state index in [1.165, 1.54) is 12.1 Å². The summed E-state index contributed by atoms with van der Waals surface area (Å²) in [6.45, 7) is 0. The number of nitrogens with zero attached hydrogens (tertiary/aromatic N) is 1. The Balaban J connectivity index is 2.57. The molecule has 0 aliphatic heterocycles. The average molecular weight is 332 g/mol. The van der Waals surface area contributed by atoms with Crippen molar-refractivity contribution in [3.8, 4) is 0 Å². The molecule has 0 saturated carbocycles. The zero-order chi connectivity index (χ0) is 16.1. The Morgan fingerprint density at radius 3 is 2.05 bits per heavy atom. The van der Waals surface area contributed by atoms with Crippen LogP contribution in [0.1, 0.15) is 5.69 Å². The van der Waals surface area contributed by atoms with Gasteiger partial charge in [-0.1, -0.05) is 17.7 Å². The standard InChI is InChI=1S/C12H5ClF7N/c13-7-2-3-8-6(5-7)1-4-9(21-8)10(14,15)11(16,17)12(18,19)20/h1-5H. The molecule has 1 heterocycles. The van der Waals surface area contributed by atoms with Crippen LogP contribution in [-0.4, -0.2) is 17.1 Å². The summed E-state index contributed by atoms with van der Waals surface area (Å²) in [5.74, 6) is -11.7. The zero-order valence-electron chi connectivity index (χ0n) is 9.86. The molecule has 0 spiro atoms. The van der Waals surface area contributed by atoms with Crippen LogP contribution in [0.2, 0.25) is 5.02 Å². The van der Waals surface area contributed by atoms with Gasteiger partial charge < -0.3 is 0 Å². The molecular weight excluding hydrogens is 327 g/mol. The highest BCUT2D eigenvalue weighted by molar-refractivity contribution is 6.31. The van der Waals surface area contributed by atoms with Crippen molar-refractivity contribution in [1.29, 1.82) is 0 Å². The number of aromatic nitrogens is 1. The van der Waals surface area contributed by atoms with Crippen molar-refractivity contribution in [3.05, 3.63) is 41.0 Å². The lowest BCUT2D eigenvalue weighted by Gasteiger charge is -2.27. The van der Waals surface area contributed by atoms with Gasteiger partial charge in [0.25, 0.3) is 0 Å². The lowest BCUT2D eigenvalue weighted by Crippen LogP contribution is -2.50. The minimum atomic E-state index is -6.40. The molecule has 0 bridgehead atoms. The SMILES string of the molecule is FC(F)(F)C(F)(F)C(F)(F)c1ccc2cc(Cl)ccc2n1. The van der Waals surface area contributed by atoms with Crippen molar-refractivity contribution >= 4 is 22.5 Å². The lowest BCUT2D eigenvalue weighted by molar-refractivity contribution is -0.360. The fourth-order valence-corrected chi connectivity index (χ4v) is 1.79. The highest BCUT2D eigenvalue weighted by Crippen LogP contribution is 2.51. The van der Waals surface area contributed by atoms with Gasteiger partial charge in [-0.05, 0) is 24.3 Å². The van der Waals surface area contributed by atoms with E-state index in [0.717, 1.165) is 12.1 Å². The first kappa shape index (κ1) is 15.8. The maximum absolute atomic E-state index is 13.5. The Morgan fingerprint density at radius 1 is 0.857 bits per heavy atom. The molecule has 0 amide bonds. The molecule has 0 saturated heterocycles. The highest BCUT2D eigenvalue weighted by Gasteiger charge is 2.74. The third-order valence-electron chi connectivity index (χ3n) is 2.72. The minimum absolute atomic E-state index is 0.172. The molecule has 0 atom stereocenters. The van der Waals surface area contributed by atoms with Gasteiger partial charge in [0.05, 0.1) is 5.52 Å². The third kappa shape index (κ3) is 2.52. The van der Waals surface area contributed by atoms with Crippen LogP contribution in [0.4, 0.5) is 30.7 Å². The molecule has 9 heteroatoms. The number of hydrogen-bond acceptors (Lipinski definition) is 1. The summed E-state index contributed by atoms with van der Waals surface area (Å²) in [4.78, 5) is 3.18. The van der Waals surface area contributed by atoms with Gasteiger partial charge >= 0.3 is 18.0 Å². The number of alkyl halides is 7. The summed E-state index contributed by atoms with van der Waals surface area (Å²) in [5, 5.41) is 0.474. The molecule has 0 fully saturated rings. The van der Waals surface area contributed by atoms with E-state index in [0.29, 0.717) is 6.07 Å². The van der Waals surface area contributed by atoms with Crippen LogP contribution in [0.25, 0.3) is 10.9 Å². The van der Waals surface area contributed by atoms with Crippen LogP contribution in [0.3, 0.4) is 0 Å². The van der Waals surface area contributed by atoms with E-state index in [1.807, 2.05) is 0 Å². The second-order valence-corrected chi connectivity index (χ2v) is 4.62. The van der Waals surface area contributed by atoms with Crippen LogP contribution in [0.5, 0.6) is 0 Å². The monoisotopic (exact) mass is 331 g/mol. The summed E-state index contributed by atoms with van der Waals surface area (Å²) >= 11 is 5.64. The van der Waals surface area contributed by atoms with E-state index < -0.39 is 23.7 Å². The summed E-state index contributed by atoms with van der Waals surface area (Å²) < 4.78 is 89.1. The Kier molecular flexibility index (Phi) is 3.56. The number of benzene rings is 1. The summed E-state index contributed by atoms with van der Waals surface area (Å²) in [6.07, 6.45) is -6.40. The van der Waals surface area contributed by atoms with Crippen LogP contribution < -0.4 is 0 Å². The molecule has 1 nitrogen and oxygen atoms in total. The summed E-state index contributed by atoms with van der Waals surface area (Å²) in [7, 11) is 0. The van der Waals surface area contributed by atoms with E-state index in [2.05, 4.69) is 4.98 Å². The second kappa shape index (κ2) is 4.72. The number of rotatable bonds is 2. The van der Waals surface area contributed by atoms with Gasteiger partial charge in [0.1, 0.15) is 5.69 Å².